The summed E-state index contributed by atoms with van der Waals surface area (Å²) in [7, 11) is 0. The van der Waals surface area contributed by atoms with Crippen molar-refractivity contribution in [1.29, 1.82) is 0 Å². The van der Waals surface area contributed by atoms with E-state index < -0.39 is 11.6 Å². The van der Waals surface area contributed by atoms with Crippen LogP contribution in [0.4, 0.5) is 8.78 Å². The topological polar surface area (TPSA) is 21.3 Å². The second-order valence-corrected chi connectivity index (χ2v) is 5.34. The number of hydrogen-bond donors (Lipinski definition) is 1. The molecule has 0 saturated carbocycles. The molecule has 0 radical (unpaired) electrons. The van der Waals surface area contributed by atoms with Crippen LogP contribution in [0.25, 0.3) is 0 Å². The molecule has 106 valence electrons. The van der Waals surface area contributed by atoms with Crippen molar-refractivity contribution in [2.75, 3.05) is 19.7 Å². The zero-order valence-corrected chi connectivity index (χ0v) is 11.5. The van der Waals surface area contributed by atoms with Crippen molar-refractivity contribution >= 4 is 0 Å². The zero-order valence-electron chi connectivity index (χ0n) is 11.5. The fourth-order valence-electron chi connectivity index (χ4n) is 2.54. The molecule has 0 aliphatic carbocycles. The van der Waals surface area contributed by atoms with Crippen LogP contribution in [-0.2, 0) is 4.74 Å². The number of ether oxygens (including phenoxy) is 1. The van der Waals surface area contributed by atoms with Crippen molar-refractivity contribution in [2.45, 2.75) is 32.8 Å². The molecule has 1 heterocycles. The van der Waals surface area contributed by atoms with E-state index in [0.29, 0.717) is 18.7 Å². The van der Waals surface area contributed by atoms with E-state index in [1.165, 1.54) is 12.1 Å². The molecule has 19 heavy (non-hydrogen) atoms. The van der Waals surface area contributed by atoms with E-state index in [1.807, 2.05) is 0 Å². The highest BCUT2D eigenvalue weighted by atomic mass is 19.1. The molecule has 1 N–H and O–H groups in total. The van der Waals surface area contributed by atoms with Gasteiger partial charge in [0.05, 0.1) is 12.7 Å². The largest absolute Gasteiger partial charge is 0.372 e. The summed E-state index contributed by atoms with van der Waals surface area (Å²) in [6.07, 6.45) is 1.77. The van der Waals surface area contributed by atoms with Gasteiger partial charge in [-0.3, -0.25) is 0 Å². The Labute approximate surface area is 113 Å². The van der Waals surface area contributed by atoms with Crippen LogP contribution in [0, 0.1) is 17.0 Å². The van der Waals surface area contributed by atoms with Crippen LogP contribution in [-0.4, -0.2) is 19.7 Å². The lowest BCUT2D eigenvalue weighted by Crippen LogP contribution is -2.34. The Balaban J connectivity index is 2.14. The average molecular weight is 269 g/mol. The van der Waals surface area contributed by atoms with Gasteiger partial charge in [-0.2, -0.15) is 0 Å². The van der Waals surface area contributed by atoms with Crippen molar-refractivity contribution < 1.29 is 13.5 Å². The van der Waals surface area contributed by atoms with Crippen molar-refractivity contribution in [3.05, 3.63) is 35.4 Å². The van der Waals surface area contributed by atoms with Crippen molar-refractivity contribution in [1.82, 2.24) is 5.32 Å². The first kappa shape index (κ1) is 14.4. The lowest BCUT2D eigenvalue weighted by atomic mass is 9.83. The minimum absolute atomic E-state index is 0.126. The molecule has 2 rings (SSSR count). The van der Waals surface area contributed by atoms with E-state index in [1.54, 1.807) is 0 Å². The van der Waals surface area contributed by atoms with Gasteiger partial charge in [-0.05, 0) is 30.5 Å². The van der Waals surface area contributed by atoms with Crippen LogP contribution in [0.2, 0.25) is 0 Å². The minimum Gasteiger partial charge on any atom is -0.372 e. The molecule has 1 saturated heterocycles. The maximum Gasteiger partial charge on any atom is 0.126 e. The summed E-state index contributed by atoms with van der Waals surface area (Å²) in [5.41, 5.74) is 0.689. The van der Waals surface area contributed by atoms with Gasteiger partial charge in [0, 0.05) is 24.6 Å². The molecule has 1 aromatic carbocycles. The fourth-order valence-corrected chi connectivity index (χ4v) is 2.54. The van der Waals surface area contributed by atoms with Crippen LogP contribution in [0.3, 0.4) is 0 Å². The van der Waals surface area contributed by atoms with E-state index in [-0.39, 0.29) is 11.5 Å². The summed E-state index contributed by atoms with van der Waals surface area (Å²) in [6, 6.07) is 3.58. The summed E-state index contributed by atoms with van der Waals surface area (Å²) in [4.78, 5) is 0. The second kappa shape index (κ2) is 5.97. The summed E-state index contributed by atoms with van der Waals surface area (Å²) in [6.45, 7) is 6.39. The standard InChI is InChI=1S/C15H21F2NO/c1-3-15(4-2)9-18-8-14(19-10-15)11-5-12(16)7-13(17)6-11/h5-7,14,18H,3-4,8-10H2,1-2H3. The Morgan fingerprint density at radius 1 is 1.21 bits per heavy atom. The van der Waals surface area contributed by atoms with Crippen LogP contribution < -0.4 is 5.32 Å². The maximum atomic E-state index is 13.3. The third-order valence-electron chi connectivity index (χ3n) is 4.18. The molecule has 1 fully saturated rings. The Kier molecular flexibility index (Phi) is 4.53. The summed E-state index contributed by atoms with van der Waals surface area (Å²) < 4.78 is 32.4. The molecule has 1 aliphatic heterocycles. The molecule has 4 heteroatoms. The van der Waals surface area contributed by atoms with Gasteiger partial charge in [-0.1, -0.05) is 13.8 Å². The van der Waals surface area contributed by atoms with Gasteiger partial charge in [0.25, 0.3) is 0 Å². The smallest absolute Gasteiger partial charge is 0.126 e. The van der Waals surface area contributed by atoms with E-state index >= 15 is 0 Å². The first-order valence-electron chi connectivity index (χ1n) is 6.87. The molecule has 2 nitrogen and oxygen atoms in total. The van der Waals surface area contributed by atoms with Gasteiger partial charge >= 0.3 is 0 Å². The number of hydrogen-bond acceptors (Lipinski definition) is 2. The summed E-state index contributed by atoms with van der Waals surface area (Å²) >= 11 is 0. The third-order valence-corrected chi connectivity index (χ3v) is 4.18. The molecule has 0 amide bonds. The summed E-state index contributed by atoms with van der Waals surface area (Å²) in [5.74, 6) is -1.11. The molecule has 1 aliphatic rings. The third kappa shape index (κ3) is 3.31. The number of rotatable bonds is 3. The SMILES string of the molecule is CCC1(CC)CNCC(c2cc(F)cc(F)c2)OC1. The van der Waals surface area contributed by atoms with Gasteiger partial charge in [-0.15, -0.1) is 0 Å². The highest BCUT2D eigenvalue weighted by Gasteiger charge is 2.31. The number of benzene rings is 1. The lowest BCUT2D eigenvalue weighted by molar-refractivity contribution is 0.0100. The van der Waals surface area contributed by atoms with E-state index in [4.69, 9.17) is 4.74 Å². The maximum absolute atomic E-state index is 13.3. The second-order valence-electron chi connectivity index (χ2n) is 5.34. The first-order valence-corrected chi connectivity index (χ1v) is 6.87. The van der Waals surface area contributed by atoms with Crippen LogP contribution in [0.15, 0.2) is 18.2 Å². The molecule has 1 unspecified atom stereocenters. The molecule has 1 aromatic rings. The molecule has 0 spiro atoms. The normalized spacial score (nSPS) is 23.1. The summed E-state index contributed by atoms with van der Waals surface area (Å²) in [5, 5.41) is 3.36. The van der Waals surface area contributed by atoms with Crippen molar-refractivity contribution in [3.8, 4) is 0 Å². The molecule has 0 aromatic heterocycles. The van der Waals surface area contributed by atoms with E-state index in [0.717, 1.165) is 25.5 Å². The minimum atomic E-state index is -0.555. The van der Waals surface area contributed by atoms with Crippen LogP contribution in [0.5, 0.6) is 0 Å². The van der Waals surface area contributed by atoms with Crippen LogP contribution in [0.1, 0.15) is 38.4 Å². The van der Waals surface area contributed by atoms with E-state index in [2.05, 4.69) is 19.2 Å². The number of halogens is 2. The Morgan fingerprint density at radius 2 is 1.84 bits per heavy atom. The Bertz CT molecular complexity index is 412. The van der Waals surface area contributed by atoms with Crippen molar-refractivity contribution in [3.63, 3.8) is 0 Å². The molecule has 0 bridgehead atoms. The van der Waals surface area contributed by atoms with Crippen molar-refractivity contribution in [2.24, 2.45) is 5.41 Å². The van der Waals surface area contributed by atoms with Gasteiger partial charge in [-0.25, -0.2) is 8.78 Å². The molecule has 1 atom stereocenters. The van der Waals surface area contributed by atoms with Gasteiger partial charge < -0.3 is 10.1 Å². The highest BCUT2D eigenvalue weighted by Crippen LogP contribution is 2.31. The predicted octanol–water partition coefficient (Wildman–Crippen LogP) is 3.43. The number of nitrogens with one attached hydrogen (secondary N) is 1. The monoisotopic (exact) mass is 269 g/mol. The fraction of sp³-hybridized carbons (Fsp3) is 0.600. The van der Waals surface area contributed by atoms with Gasteiger partial charge in [0.2, 0.25) is 0 Å². The zero-order chi connectivity index (χ0) is 13.9. The highest BCUT2D eigenvalue weighted by molar-refractivity contribution is 5.21. The predicted molar refractivity (Wildman–Crippen MR) is 70.9 cm³/mol. The molecular formula is C15H21F2NO. The molecular weight excluding hydrogens is 248 g/mol. The van der Waals surface area contributed by atoms with Gasteiger partial charge in [0.15, 0.2) is 0 Å². The van der Waals surface area contributed by atoms with Gasteiger partial charge in [0.1, 0.15) is 11.6 Å². The van der Waals surface area contributed by atoms with Crippen LogP contribution >= 0.6 is 0 Å². The Morgan fingerprint density at radius 3 is 2.42 bits per heavy atom. The lowest BCUT2D eigenvalue weighted by Gasteiger charge is -2.29. The van der Waals surface area contributed by atoms with E-state index in [9.17, 15) is 8.78 Å². The Hall–Kier alpha value is -1.00. The average Bonchev–Trinajstić information content (AvgIpc) is 2.60. The first-order chi connectivity index (χ1) is 9.08. The quantitative estimate of drug-likeness (QED) is 0.907.